The first-order valence-electron chi connectivity index (χ1n) is 4.14. The van der Waals surface area contributed by atoms with Crippen molar-refractivity contribution in [2.45, 2.75) is 6.54 Å². The zero-order valence-electron chi connectivity index (χ0n) is 7.43. The van der Waals surface area contributed by atoms with E-state index in [2.05, 4.69) is 5.32 Å². The van der Waals surface area contributed by atoms with Crippen molar-refractivity contribution in [1.29, 1.82) is 0 Å². The summed E-state index contributed by atoms with van der Waals surface area (Å²) in [6.07, 6.45) is 1.70. The van der Waals surface area contributed by atoms with E-state index in [4.69, 9.17) is 11.6 Å². The van der Waals surface area contributed by atoms with Crippen LogP contribution in [0.15, 0.2) is 29.8 Å². The van der Waals surface area contributed by atoms with Crippen molar-refractivity contribution >= 4 is 11.6 Å². The average molecular weight is 218 g/mol. The third-order valence-electron chi connectivity index (χ3n) is 1.68. The fraction of sp³-hybridized carbons (Fsp3) is 0.200. The van der Waals surface area contributed by atoms with Gasteiger partial charge in [-0.25, -0.2) is 8.78 Å². The van der Waals surface area contributed by atoms with E-state index in [1.54, 1.807) is 6.08 Å². The molecular formula is C10H10ClF2N. The summed E-state index contributed by atoms with van der Waals surface area (Å²) in [4.78, 5) is 0. The van der Waals surface area contributed by atoms with Crippen LogP contribution in [-0.2, 0) is 6.54 Å². The SMILES string of the molecule is Fc1ccc(CNC/C=C/Cl)c(F)c1. The molecule has 1 aromatic carbocycles. The molecule has 14 heavy (non-hydrogen) atoms. The zero-order chi connectivity index (χ0) is 10.4. The van der Waals surface area contributed by atoms with Gasteiger partial charge in [-0.3, -0.25) is 0 Å². The second-order valence-corrected chi connectivity index (χ2v) is 2.98. The molecule has 0 spiro atoms. The highest BCUT2D eigenvalue weighted by atomic mass is 35.5. The van der Waals surface area contributed by atoms with Crippen LogP contribution in [0.3, 0.4) is 0 Å². The van der Waals surface area contributed by atoms with Crippen molar-refractivity contribution in [2.24, 2.45) is 0 Å². The Morgan fingerprint density at radius 2 is 2.14 bits per heavy atom. The van der Waals surface area contributed by atoms with E-state index in [1.165, 1.54) is 17.7 Å². The predicted octanol–water partition coefficient (Wildman–Crippen LogP) is 2.81. The Hall–Kier alpha value is -0.930. The quantitative estimate of drug-likeness (QED) is 0.765. The molecule has 0 atom stereocenters. The lowest BCUT2D eigenvalue weighted by molar-refractivity contribution is 0.565. The first-order valence-corrected chi connectivity index (χ1v) is 4.57. The monoisotopic (exact) mass is 217 g/mol. The number of nitrogens with one attached hydrogen (secondary N) is 1. The molecule has 1 aromatic rings. The van der Waals surface area contributed by atoms with Crippen molar-refractivity contribution < 1.29 is 8.78 Å². The maximum Gasteiger partial charge on any atom is 0.130 e. The lowest BCUT2D eigenvalue weighted by atomic mass is 10.2. The fourth-order valence-corrected chi connectivity index (χ4v) is 1.09. The molecule has 0 amide bonds. The summed E-state index contributed by atoms with van der Waals surface area (Å²) in [6.45, 7) is 0.910. The Bertz CT molecular complexity index is 326. The minimum absolute atomic E-state index is 0.355. The van der Waals surface area contributed by atoms with Crippen LogP contribution in [0.2, 0.25) is 0 Å². The van der Waals surface area contributed by atoms with Crippen molar-refractivity contribution in [2.75, 3.05) is 6.54 Å². The summed E-state index contributed by atoms with van der Waals surface area (Å²) in [6, 6.07) is 3.52. The Morgan fingerprint density at radius 3 is 2.79 bits per heavy atom. The van der Waals surface area contributed by atoms with Crippen molar-refractivity contribution in [3.8, 4) is 0 Å². The standard InChI is InChI=1S/C10H10ClF2N/c11-4-1-5-14-7-8-2-3-9(12)6-10(8)13/h1-4,6,14H,5,7H2/b4-1+. The number of rotatable bonds is 4. The van der Waals surface area contributed by atoms with E-state index in [9.17, 15) is 8.78 Å². The molecule has 0 aliphatic heterocycles. The topological polar surface area (TPSA) is 12.0 Å². The van der Waals surface area contributed by atoms with Crippen molar-refractivity contribution in [1.82, 2.24) is 5.32 Å². The van der Waals surface area contributed by atoms with E-state index in [1.807, 2.05) is 0 Å². The molecule has 0 unspecified atom stereocenters. The van der Waals surface area contributed by atoms with E-state index >= 15 is 0 Å². The summed E-state index contributed by atoms with van der Waals surface area (Å²) in [5.74, 6) is -1.10. The van der Waals surface area contributed by atoms with Crippen LogP contribution < -0.4 is 5.32 Å². The van der Waals surface area contributed by atoms with Gasteiger partial charge in [-0.05, 0) is 6.07 Å². The number of hydrogen-bond acceptors (Lipinski definition) is 1. The molecule has 0 aromatic heterocycles. The lowest BCUT2D eigenvalue weighted by Gasteiger charge is -2.03. The Kier molecular flexibility index (Phi) is 4.56. The smallest absolute Gasteiger partial charge is 0.130 e. The molecule has 0 radical (unpaired) electrons. The van der Waals surface area contributed by atoms with Gasteiger partial charge < -0.3 is 5.32 Å². The van der Waals surface area contributed by atoms with Crippen molar-refractivity contribution in [3.63, 3.8) is 0 Å². The van der Waals surface area contributed by atoms with Crippen LogP contribution in [0.5, 0.6) is 0 Å². The summed E-state index contributed by atoms with van der Waals surface area (Å²) >= 11 is 5.29. The van der Waals surface area contributed by atoms with Gasteiger partial charge in [0.15, 0.2) is 0 Å². The highest BCUT2D eigenvalue weighted by molar-refractivity contribution is 6.25. The van der Waals surface area contributed by atoms with Gasteiger partial charge in [-0.15, -0.1) is 0 Å². The molecule has 1 N–H and O–H groups in total. The minimum atomic E-state index is -0.563. The van der Waals surface area contributed by atoms with Crippen molar-refractivity contribution in [3.05, 3.63) is 47.0 Å². The van der Waals surface area contributed by atoms with Crippen LogP contribution in [-0.4, -0.2) is 6.54 Å². The second kappa shape index (κ2) is 5.73. The average Bonchev–Trinajstić information content (AvgIpc) is 2.15. The molecule has 1 rings (SSSR count). The van der Waals surface area contributed by atoms with Gasteiger partial charge in [0.1, 0.15) is 11.6 Å². The molecule has 0 aliphatic rings. The Balaban J connectivity index is 2.50. The molecule has 0 aliphatic carbocycles. The Morgan fingerprint density at radius 1 is 1.36 bits per heavy atom. The predicted molar refractivity (Wildman–Crippen MR) is 53.1 cm³/mol. The summed E-state index contributed by atoms with van der Waals surface area (Å²) in [5, 5.41) is 2.93. The van der Waals surface area contributed by atoms with Crippen LogP contribution in [0.1, 0.15) is 5.56 Å². The maximum absolute atomic E-state index is 13.0. The first-order chi connectivity index (χ1) is 6.74. The molecule has 0 heterocycles. The molecule has 1 nitrogen and oxygen atoms in total. The number of halogens is 3. The molecule has 0 bridgehead atoms. The third-order valence-corrected chi connectivity index (χ3v) is 1.86. The van der Waals surface area contributed by atoms with Gasteiger partial charge in [-0.2, -0.15) is 0 Å². The zero-order valence-corrected chi connectivity index (χ0v) is 8.19. The highest BCUT2D eigenvalue weighted by Gasteiger charge is 2.01. The second-order valence-electron chi connectivity index (χ2n) is 2.73. The van der Waals surface area contributed by atoms with Gasteiger partial charge in [-0.1, -0.05) is 23.7 Å². The molecule has 0 saturated heterocycles. The first kappa shape index (κ1) is 11.1. The lowest BCUT2D eigenvalue weighted by Crippen LogP contribution is -2.13. The maximum atomic E-state index is 13.0. The number of hydrogen-bond donors (Lipinski definition) is 1. The van der Waals surface area contributed by atoms with E-state index in [0.29, 0.717) is 18.7 Å². The van der Waals surface area contributed by atoms with Crippen LogP contribution in [0.4, 0.5) is 8.78 Å². The summed E-state index contributed by atoms with van der Waals surface area (Å²) < 4.78 is 25.5. The van der Waals surface area contributed by atoms with Gasteiger partial charge >= 0.3 is 0 Å². The van der Waals surface area contributed by atoms with Crippen LogP contribution in [0.25, 0.3) is 0 Å². The molecule has 4 heteroatoms. The number of benzene rings is 1. The van der Waals surface area contributed by atoms with E-state index < -0.39 is 11.6 Å². The van der Waals surface area contributed by atoms with Gasteiger partial charge in [0.25, 0.3) is 0 Å². The Labute approximate surface area is 86.4 Å². The third kappa shape index (κ3) is 3.44. The summed E-state index contributed by atoms with van der Waals surface area (Å²) in [7, 11) is 0. The van der Waals surface area contributed by atoms with E-state index in [0.717, 1.165) is 6.07 Å². The van der Waals surface area contributed by atoms with E-state index in [-0.39, 0.29) is 0 Å². The molecule has 0 fully saturated rings. The minimum Gasteiger partial charge on any atom is -0.309 e. The molecular weight excluding hydrogens is 208 g/mol. The van der Waals surface area contributed by atoms with Gasteiger partial charge in [0.05, 0.1) is 0 Å². The fourth-order valence-electron chi connectivity index (χ4n) is 1.000. The van der Waals surface area contributed by atoms with Crippen LogP contribution in [0, 0.1) is 11.6 Å². The molecule has 76 valence electrons. The highest BCUT2D eigenvalue weighted by Crippen LogP contribution is 2.08. The van der Waals surface area contributed by atoms with Gasteiger partial charge in [0, 0.05) is 30.3 Å². The normalized spacial score (nSPS) is 11.1. The summed E-state index contributed by atoms with van der Waals surface area (Å²) in [5.41, 5.74) is 1.82. The molecule has 0 saturated carbocycles. The largest absolute Gasteiger partial charge is 0.309 e. The van der Waals surface area contributed by atoms with Crippen LogP contribution >= 0.6 is 11.6 Å². The van der Waals surface area contributed by atoms with Gasteiger partial charge in [0.2, 0.25) is 0 Å².